The van der Waals surface area contributed by atoms with Gasteiger partial charge in [0.25, 0.3) is 0 Å². The molecular weight excluding hydrogens is 506 g/mol. The molecule has 1 N–H and O–H groups in total. The fourth-order valence-electron chi connectivity index (χ4n) is 4.47. The van der Waals surface area contributed by atoms with Crippen LogP contribution in [0.5, 0.6) is 0 Å². The van der Waals surface area contributed by atoms with E-state index >= 15 is 0 Å². The van der Waals surface area contributed by atoms with E-state index in [-0.39, 0.29) is 18.5 Å². The normalized spacial score (nSPS) is 11.4. The number of nitrogens with one attached hydrogen (secondary N) is 1. The first kappa shape index (κ1) is 27.1. The Kier molecular flexibility index (Phi) is 9.15. The van der Waals surface area contributed by atoms with Gasteiger partial charge in [0.1, 0.15) is 11.4 Å². The molecule has 0 aliphatic rings. The number of aromatic nitrogens is 1. The Labute approximate surface area is 225 Å². The van der Waals surface area contributed by atoms with E-state index in [4.69, 9.17) is 9.47 Å². The molecule has 7 nitrogen and oxygen atoms in total. The Balaban J connectivity index is 1.84. The highest BCUT2D eigenvalue weighted by atomic mass is 32.1. The highest BCUT2D eigenvalue weighted by Gasteiger charge is 2.27. The average molecular weight is 540 g/mol. The Bertz CT molecular complexity index is 1350. The predicted octanol–water partition coefficient (Wildman–Crippen LogP) is 5.49. The van der Waals surface area contributed by atoms with Crippen LogP contribution >= 0.6 is 22.7 Å². The molecule has 4 aromatic rings. The topological polar surface area (TPSA) is 72.8 Å². The van der Waals surface area contributed by atoms with Gasteiger partial charge in [-0.2, -0.15) is 0 Å². The fourth-order valence-corrected chi connectivity index (χ4v) is 6.61. The third-order valence-corrected chi connectivity index (χ3v) is 8.56. The summed E-state index contributed by atoms with van der Waals surface area (Å²) < 4.78 is 13.0. The Hall–Kier alpha value is -2.98. The number of fused-ring (bicyclic) bond motifs is 1. The van der Waals surface area contributed by atoms with Gasteiger partial charge in [-0.15, -0.1) is 22.7 Å². The molecule has 0 atom stereocenters. The van der Waals surface area contributed by atoms with E-state index in [1.54, 1.807) is 11.3 Å². The minimum Gasteiger partial charge on any atom is -0.468 e. The third-order valence-electron chi connectivity index (χ3n) is 6.48. The summed E-state index contributed by atoms with van der Waals surface area (Å²) in [7, 11) is 2.77. The quantitative estimate of drug-likeness (QED) is 0.190. The molecule has 0 fully saturated rings. The van der Waals surface area contributed by atoms with Gasteiger partial charge < -0.3 is 24.3 Å². The molecule has 0 unspecified atom stereocenters. The maximum atomic E-state index is 12.6. The number of esters is 2. The smallest absolute Gasteiger partial charge is 0.348 e. The zero-order chi connectivity index (χ0) is 26.4. The second-order valence-corrected chi connectivity index (χ2v) is 10.5. The van der Waals surface area contributed by atoms with Gasteiger partial charge in [0.2, 0.25) is 0 Å². The number of thiophene rings is 2. The molecule has 196 valence electrons. The van der Waals surface area contributed by atoms with Crippen LogP contribution in [-0.2, 0) is 27.4 Å². The number of benzene rings is 1. The van der Waals surface area contributed by atoms with E-state index in [9.17, 15) is 9.59 Å². The molecule has 0 spiro atoms. The molecule has 37 heavy (non-hydrogen) atoms. The highest BCUT2D eigenvalue weighted by molar-refractivity contribution is 7.21. The van der Waals surface area contributed by atoms with Crippen LogP contribution in [0.2, 0.25) is 0 Å². The number of methoxy groups -OCH3 is 2. The maximum absolute atomic E-state index is 12.6. The third kappa shape index (κ3) is 5.80. The number of ether oxygens (including phenoxy) is 2. The van der Waals surface area contributed by atoms with Crippen LogP contribution in [0, 0.1) is 0 Å². The number of nitrogens with zero attached hydrogens (tertiary/aromatic N) is 2. The highest BCUT2D eigenvalue weighted by Crippen LogP contribution is 2.47. The summed E-state index contributed by atoms with van der Waals surface area (Å²) in [5.41, 5.74) is 4.99. The van der Waals surface area contributed by atoms with Crippen molar-refractivity contribution >= 4 is 44.8 Å². The van der Waals surface area contributed by atoms with E-state index in [1.807, 2.05) is 28.8 Å². The fraction of sp³-hybridized carbons (Fsp3) is 0.357. The lowest BCUT2D eigenvalue weighted by Crippen LogP contribution is -2.31. The average Bonchev–Trinajstić information content (AvgIpc) is 3.63. The van der Waals surface area contributed by atoms with Crippen molar-refractivity contribution in [2.75, 3.05) is 40.4 Å². The number of likely N-dealkylation sites (N-methyl/N-ethyl adjacent to an activating group) is 1. The van der Waals surface area contributed by atoms with E-state index in [0.29, 0.717) is 4.88 Å². The number of carbonyl (C=O) groups excluding carboxylic acids is 2. The van der Waals surface area contributed by atoms with Crippen LogP contribution in [-0.4, -0.2) is 61.8 Å². The van der Waals surface area contributed by atoms with Crippen molar-refractivity contribution in [2.45, 2.75) is 26.9 Å². The summed E-state index contributed by atoms with van der Waals surface area (Å²) in [6.07, 6.45) is 0. The summed E-state index contributed by atoms with van der Waals surface area (Å²) in [6.45, 7) is 9.08. The minimum absolute atomic E-state index is 0.0409. The summed E-state index contributed by atoms with van der Waals surface area (Å²) >= 11 is 3.05. The molecule has 3 aromatic heterocycles. The molecule has 1 aromatic carbocycles. The number of rotatable bonds is 12. The van der Waals surface area contributed by atoms with Crippen molar-refractivity contribution in [3.05, 3.63) is 58.3 Å². The van der Waals surface area contributed by atoms with E-state index in [1.165, 1.54) is 31.1 Å². The Morgan fingerprint density at radius 3 is 2.49 bits per heavy atom. The van der Waals surface area contributed by atoms with Gasteiger partial charge in [0, 0.05) is 25.2 Å². The molecule has 3 heterocycles. The lowest BCUT2D eigenvalue weighted by Gasteiger charge is -2.18. The monoisotopic (exact) mass is 539 g/mol. The molecule has 0 aliphatic carbocycles. The molecule has 0 saturated heterocycles. The standard InChI is InChI=1S/C28H33N3O4S2/c1-5-30(6-2)14-13-29-17-20-12-15-36-26(20)25-24(19-10-8-7-9-11-19)27-21(31(25)18-23(32)34-3)16-22(37-27)28(33)35-4/h7-12,15-16,29H,5-6,13-14,17-18H2,1-4H3. The summed E-state index contributed by atoms with van der Waals surface area (Å²) in [5, 5.41) is 5.68. The van der Waals surface area contributed by atoms with Gasteiger partial charge in [0.15, 0.2) is 0 Å². The zero-order valence-electron chi connectivity index (χ0n) is 21.7. The molecule has 0 radical (unpaired) electrons. The molecule has 0 bridgehead atoms. The van der Waals surface area contributed by atoms with E-state index in [0.717, 1.165) is 64.6 Å². The SMILES string of the molecule is CCN(CC)CCNCc1ccsc1-c1c(-c2ccccc2)c2sc(C(=O)OC)cc2n1CC(=O)OC. The molecule has 0 saturated carbocycles. The van der Waals surface area contributed by atoms with Crippen LogP contribution in [0.25, 0.3) is 31.9 Å². The van der Waals surface area contributed by atoms with Gasteiger partial charge in [0.05, 0.1) is 35.0 Å². The molecule has 4 rings (SSSR count). The first-order chi connectivity index (χ1) is 18.0. The Morgan fingerprint density at radius 2 is 1.81 bits per heavy atom. The van der Waals surface area contributed by atoms with E-state index < -0.39 is 0 Å². The Morgan fingerprint density at radius 1 is 1.05 bits per heavy atom. The van der Waals surface area contributed by atoms with Crippen molar-refractivity contribution in [3.63, 3.8) is 0 Å². The van der Waals surface area contributed by atoms with Gasteiger partial charge in [-0.1, -0.05) is 44.2 Å². The van der Waals surface area contributed by atoms with Crippen LogP contribution in [0.4, 0.5) is 0 Å². The molecule has 0 amide bonds. The van der Waals surface area contributed by atoms with Crippen LogP contribution in [0.3, 0.4) is 0 Å². The van der Waals surface area contributed by atoms with Crippen LogP contribution in [0.15, 0.2) is 47.8 Å². The van der Waals surface area contributed by atoms with Gasteiger partial charge in [-0.25, -0.2) is 4.79 Å². The van der Waals surface area contributed by atoms with Crippen molar-refractivity contribution in [2.24, 2.45) is 0 Å². The van der Waals surface area contributed by atoms with Gasteiger partial charge in [-0.3, -0.25) is 4.79 Å². The van der Waals surface area contributed by atoms with Crippen molar-refractivity contribution in [1.29, 1.82) is 0 Å². The first-order valence-electron chi connectivity index (χ1n) is 12.4. The van der Waals surface area contributed by atoms with Gasteiger partial charge in [-0.05, 0) is 41.7 Å². The summed E-state index contributed by atoms with van der Waals surface area (Å²) in [6, 6.07) is 14.1. The largest absolute Gasteiger partial charge is 0.468 e. The summed E-state index contributed by atoms with van der Waals surface area (Å²) in [5.74, 6) is -0.736. The second-order valence-electron chi connectivity index (χ2n) is 8.55. The number of hydrogen-bond acceptors (Lipinski definition) is 8. The number of carbonyl (C=O) groups is 2. The molecule has 9 heteroatoms. The summed E-state index contributed by atoms with van der Waals surface area (Å²) in [4.78, 5) is 29.0. The lowest BCUT2D eigenvalue weighted by molar-refractivity contribution is -0.141. The van der Waals surface area contributed by atoms with Crippen LogP contribution < -0.4 is 5.32 Å². The van der Waals surface area contributed by atoms with Gasteiger partial charge >= 0.3 is 11.9 Å². The van der Waals surface area contributed by atoms with Crippen molar-refractivity contribution < 1.29 is 19.1 Å². The van der Waals surface area contributed by atoms with Crippen molar-refractivity contribution in [1.82, 2.24) is 14.8 Å². The minimum atomic E-state index is -0.388. The van der Waals surface area contributed by atoms with E-state index in [2.05, 4.69) is 47.6 Å². The van der Waals surface area contributed by atoms with Crippen molar-refractivity contribution in [3.8, 4) is 21.7 Å². The second kappa shape index (κ2) is 12.5. The predicted molar refractivity (Wildman–Crippen MR) is 151 cm³/mol. The first-order valence-corrected chi connectivity index (χ1v) is 14.1. The molecule has 0 aliphatic heterocycles. The van der Waals surface area contributed by atoms with Crippen LogP contribution in [0.1, 0.15) is 29.1 Å². The zero-order valence-corrected chi connectivity index (χ0v) is 23.3. The molecular formula is C28H33N3O4S2. The maximum Gasteiger partial charge on any atom is 0.348 e. The number of hydrogen-bond donors (Lipinski definition) is 1. The lowest BCUT2D eigenvalue weighted by atomic mass is 10.0.